The normalized spacial score (nSPS) is 21.4. The summed E-state index contributed by atoms with van der Waals surface area (Å²) in [4.78, 5) is 43.0. The third-order valence-electron chi connectivity index (χ3n) is 5.56. The van der Waals surface area contributed by atoms with Gasteiger partial charge < -0.3 is 10.6 Å². The van der Waals surface area contributed by atoms with Crippen molar-refractivity contribution in [1.29, 1.82) is 0 Å². The number of hydrogen-bond donors (Lipinski definition) is 1. The monoisotopic (exact) mass is 461 g/mol. The summed E-state index contributed by atoms with van der Waals surface area (Å²) in [6.07, 6.45) is 5.08. The first-order valence-electron chi connectivity index (χ1n) is 9.69. The van der Waals surface area contributed by atoms with Gasteiger partial charge in [-0.25, -0.2) is 8.42 Å². The number of carbonyl (C=O) groups excluding carboxylic acids is 3. The average molecular weight is 462 g/mol. The van der Waals surface area contributed by atoms with Gasteiger partial charge in [0, 0.05) is 23.8 Å². The van der Waals surface area contributed by atoms with Crippen LogP contribution in [0.2, 0.25) is 0 Å². The molecule has 2 aromatic heterocycles. The first kappa shape index (κ1) is 21.6. The van der Waals surface area contributed by atoms with Crippen LogP contribution in [-0.2, 0) is 31.8 Å². The lowest BCUT2D eigenvalue weighted by Gasteiger charge is -2.24. The SMILES string of the molecule is NC(=O)c1ccsc1C[CH]C(=O)N1CCC2C1C(=O)CN2S(=O)(=O)Cc1cccnc1. The number of rotatable bonds is 7. The fourth-order valence-electron chi connectivity index (χ4n) is 4.17. The first-order chi connectivity index (χ1) is 14.8. The third kappa shape index (κ3) is 4.25. The Morgan fingerprint density at radius 1 is 1.32 bits per heavy atom. The lowest BCUT2D eigenvalue weighted by Crippen LogP contribution is -2.43. The second kappa shape index (κ2) is 8.48. The lowest BCUT2D eigenvalue weighted by atomic mass is 10.1. The molecule has 4 heterocycles. The summed E-state index contributed by atoms with van der Waals surface area (Å²) in [5.74, 6) is -1.44. The third-order valence-corrected chi connectivity index (χ3v) is 8.32. The predicted molar refractivity (Wildman–Crippen MR) is 113 cm³/mol. The molecule has 2 amide bonds. The van der Waals surface area contributed by atoms with Crippen molar-refractivity contribution in [3.63, 3.8) is 0 Å². The van der Waals surface area contributed by atoms with Gasteiger partial charge in [-0.05, 0) is 35.9 Å². The Morgan fingerprint density at radius 3 is 2.84 bits per heavy atom. The molecule has 2 fully saturated rings. The maximum Gasteiger partial charge on any atom is 0.249 e. The minimum Gasteiger partial charge on any atom is -0.366 e. The molecule has 0 saturated carbocycles. The highest BCUT2D eigenvalue weighted by atomic mass is 32.2. The zero-order valence-electron chi connectivity index (χ0n) is 16.5. The van der Waals surface area contributed by atoms with E-state index in [0.29, 0.717) is 29.0 Å². The van der Waals surface area contributed by atoms with Crippen LogP contribution in [0.5, 0.6) is 0 Å². The maximum atomic E-state index is 12.9. The number of amides is 2. The Balaban J connectivity index is 1.44. The van der Waals surface area contributed by atoms with Gasteiger partial charge in [-0.2, -0.15) is 4.31 Å². The van der Waals surface area contributed by atoms with Crippen LogP contribution in [0.25, 0.3) is 0 Å². The summed E-state index contributed by atoms with van der Waals surface area (Å²) in [6.45, 7) is 0.0564. The zero-order valence-corrected chi connectivity index (χ0v) is 18.1. The molecule has 2 aliphatic heterocycles. The number of carbonyl (C=O) groups is 3. The minimum atomic E-state index is -3.74. The number of nitrogens with zero attached hydrogens (tertiary/aromatic N) is 3. The van der Waals surface area contributed by atoms with Crippen LogP contribution in [0.1, 0.15) is 27.2 Å². The number of ketones is 1. The van der Waals surface area contributed by atoms with Gasteiger partial charge in [-0.15, -0.1) is 11.3 Å². The van der Waals surface area contributed by atoms with Crippen molar-refractivity contribution >= 4 is 39.0 Å². The van der Waals surface area contributed by atoms with E-state index in [2.05, 4.69) is 4.98 Å². The van der Waals surface area contributed by atoms with E-state index in [1.807, 2.05) is 0 Å². The highest BCUT2D eigenvalue weighted by molar-refractivity contribution is 7.88. The Morgan fingerprint density at radius 2 is 2.13 bits per heavy atom. The molecule has 1 radical (unpaired) electrons. The molecule has 2 N–H and O–H groups in total. The summed E-state index contributed by atoms with van der Waals surface area (Å²) in [5, 5.41) is 1.73. The minimum absolute atomic E-state index is 0.222. The smallest absolute Gasteiger partial charge is 0.249 e. The van der Waals surface area contributed by atoms with E-state index < -0.39 is 28.0 Å². The molecule has 2 aliphatic rings. The first-order valence-corrected chi connectivity index (χ1v) is 12.2. The Kier molecular flexibility index (Phi) is 5.91. The van der Waals surface area contributed by atoms with Gasteiger partial charge in [0.15, 0.2) is 5.78 Å². The number of primary amides is 1. The van der Waals surface area contributed by atoms with E-state index in [1.165, 1.54) is 33.2 Å². The van der Waals surface area contributed by atoms with Crippen LogP contribution in [0.3, 0.4) is 0 Å². The Labute approximate surface area is 183 Å². The predicted octanol–water partition coefficient (Wildman–Crippen LogP) is 0.373. The number of nitrogens with two attached hydrogens (primary N) is 1. The van der Waals surface area contributed by atoms with E-state index in [9.17, 15) is 22.8 Å². The van der Waals surface area contributed by atoms with Gasteiger partial charge >= 0.3 is 0 Å². The molecule has 0 spiro atoms. The van der Waals surface area contributed by atoms with Gasteiger partial charge in [-0.3, -0.25) is 19.4 Å². The number of hydrogen-bond acceptors (Lipinski definition) is 7. The molecular weight excluding hydrogens is 440 g/mol. The number of aromatic nitrogens is 1. The summed E-state index contributed by atoms with van der Waals surface area (Å²) < 4.78 is 27.1. The van der Waals surface area contributed by atoms with E-state index in [0.717, 1.165) is 0 Å². The van der Waals surface area contributed by atoms with Crippen molar-refractivity contribution in [2.45, 2.75) is 30.7 Å². The molecule has 11 heteroatoms. The van der Waals surface area contributed by atoms with Gasteiger partial charge in [0.05, 0.1) is 30.3 Å². The van der Waals surface area contributed by atoms with Gasteiger partial charge in [0.1, 0.15) is 6.04 Å². The number of pyridine rings is 1. The topological polar surface area (TPSA) is 131 Å². The fraction of sp³-hybridized carbons (Fsp3) is 0.350. The fourth-order valence-corrected chi connectivity index (χ4v) is 6.73. The van der Waals surface area contributed by atoms with Crippen molar-refractivity contribution in [3.05, 3.63) is 58.4 Å². The van der Waals surface area contributed by atoms with Crippen LogP contribution < -0.4 is 5.73 Å². The van der Waals surface area contributed by atoms with E-state index in [1.54, 1.807) is 29.8 Å². The second-order valence-electron chi connectivity index (χ2n) is 7.49. The van der Waals surface area contributed by atoms with Crippen molar-refractivity contribution in [2.24, 2.45) is 5.73 Å². The molecule has 2 unspecified atom stereocenters. The molecule has 9 nitrogen and oxygen atoms in total. The zero-order chi connectivity index (χ0) is 22.2. The average Bonchev–Trinajstić information content (AvgIpc) is 3.43. The lowest BCUT2D eigenvalue weighted by molar-refractivity contribution is -0.133. The van der Waals surface area contributed by atoms with Crippen LogP contribution >= 0.6 is 11.3 Å². The van der Waals surface area contributed by atoms with Crippen molar-refractivity contribution in [2.75, 3.05) is 13.1 Å². The van der Waals surface area contributed by atoms with Crippen LogP contribution in [0.15, 0.2) is 36.0 Å². The summed E-state index contributed by atoms with van der Waals surface area (Å²) in [5.41, 5.74) is 6.25. The standard InChI is InChI=1S/C20H21N4O5S2/c21-20(27)14-6-9-30-17(14)3-4-18(26)23-8-5-15-19(23)16(25)11-24(15)31(28,29)12-13-2-1-7-22-10-13/h1-2,4,6-7,9-10,15,19H,3,5,8,11-12H2,(H2,21,27). The summed E-state index contributed by atoms with van der Waals surface area (Å²) in [6, 6.07) is 3.59. The molecule has 4 rings (SSSR count). The summed E-state index contributed by atoms with van der Waals surface area (Å²) >= 11 is 1.32. The molecular formula is C20H21N4O5S2. The Hall–Kier alpha value is -2.63. The number of sulfonamides is 1. The van der Waals surface area contributed by atoms with Crippen molar-refractivity contribution < 1.29 is 22.8 Å². The highest BCUT2D eigenvalue weighted by Crippen LogP contribution is 2.33. The van der Waals surface area contributed by atoms with Crippen LogP contribution in [0.4, 0.5) is 0 Å². The van der Waals surface area contributed by atoms with E-state index in [4.69, 9.17) is 5.73 Å². The van der Waals surface area contributed by atoms with E-state index >= 15 is 0 Å². The van der Waals surface area contributed by atoms with Gasteiger partial charge in [-0.1, -0.05) is 6.07 Å². The summed E-state index contributed by atoms with van der Waals surface area (Å²) in [7, 11) is -3.74. The van der Waals surface area contributed by atoms with Crippen LogP contribution in [0, 0.1) is 6.42 Å². The molecule has 0 bridgehead atoms. The number of likely N-dealkylation sites (tertiary alicyclic amines) is 1. The molecule has 2 atom stereocenters. The molecule has 0 aliphatic carbocycles. The van der Waals surface area contributed by atoms with Crippen molar-refractivity contribution in [1.82, 2.24) is 14.2 Å². The quantitative estimate of drug-likeness (QED) is 0.634. The van der Waals surface area contributed by atoms with E-state index in [-0.39, 0.29) is 30.4 Å². The van der Waals surface area contributed by atoms with Crippen LogP contribution in [-0.4, -0.2) is 65.4 Å². The molecule has 163 valence electrons. The van der Waals surface area contributed by atoms with Gasteiger partial charge in [0.25, 0.3) is 0 Å². The van der Waals surface area contributed by atoms with Crippen molar-refractivity contribution in [3.8, 4) is 0 Å². The van der Waals surface area contributed by atoms with Gasteiger partial charge in [0.2, 0.25) is 21.8 Å². The maximum absolute atomic E-state index is 12.9. The highest BCUT2D eigenvalue weighted by Gasteiger charge is 2.53. The molecule has 2 saturated heterocycles. The number of Topliss-reactive ketones (excluding diaryl/α,β-unsaturated/α-hetero) is 1. The second-order valence-corrected chi connectivity index (χ2v) is 10.4. The molecule has 2 aromatic rings. The molecule has 31 heavy (non-hydrogen) atoms. The number of fused-ring (bicyclic) bond motifs is 1. The Bertz CT molecular complexity index is 1120. The largest absolute Gasteiger partial charge is 0.366 e. The number of thiophene rings is 1. The molecule has 0 aromatic carbocycles.